The van der Waals surface area contributed by atoms with Crippen LogP contribution in [0.4, 0.5) is 0 Å². The molecule has 0 radical (unpaired) electrons. The largest absolute Gasteiger partial charge is 0.469 e. The zero-order valence-electron chi connectivity index (χ0n) is 14.8. The van der Waals surface area contributed by atoms with E-state index in [0.717, 1.165) is 25.8 Å². The third-order valence-electron chi connectivity index (χ3n) is 4.18. The summed E-state index contributed by atoms with van der Waals surface area (Å²) in [5.41, 5.74) is 0. The van der Waals surface area contributed by atoms with Gasteiger partial charge in [-0.3, -0.25) is 4.79 Å². The number of hydrogen-bond acceptors (Lipinski definition) is 6. The van der Waals surface area contributed by atoms with E-state index >= 15 is 0 Å². The van der Waals surface area contributed by atoms with E-state index in [4.69, 9.17) is 12.2 Å². The van der Waals surface area contributed by atoms with E-state index < -0.39 is 10.0 Å². The van der Waals surface area contributed by atoms with Crippen molar-refractivity contribution in [2.24, 2.45) is 0 Å². The molecule has 7 nitrogen and oxygen atoms in total. The minimum absolute atomic E-state index is 0.177. The van der Waals surface area contributed by atoms with Crippen LogP contribution in [0.1, 0.15) is 25.7 Å². The number of carbonyl (C=O) groups is 1. The van der Waals surface area contributed by atoms with E-state index in [1.165, 1.54) is 22.8 Å². The maximum Gasteiger partial charge on any atom is 0.305 e. The number of thiophene rings is 1. The van der Waals surface area contributed by atoms with Crippen molar-refractivity contribution in [2.75, 3.05) is 39.8 Å². The van der Waals surface area contributed by atoms with Gasteiger partial charge in [-0.1, -0.05) is 12.5 Å². The number of ether oxygens (including phenoxy) is 1. The van der Waals surface area contributed by atoms with Gasteiger partial charge >= 0.3 is 5.97 Å². The molecule has 1 aromatic rings. The minimum Gasteiger partial charge on any atom is -0.469 e. The Morgan fingerprint density at radius 1 is 1.27 bits per heavy atom. The van der Waals surface area contributed by atoms with Gasteiger partial charge in [0, 0.05) is 39.1 Å². The second-order valence-corrected chi connectivity index (χ2v) is 9.44. The molecule has 0 saturated carbocycles. The van der Waals surface area contributed by atoms with Gasteiger partial charge in [0.05, 0.1) is 7.11 Å². The Morgan fingerprint density at radius 3 is 2.62 bits per heavy atom. The Balaban J connectivity index is 1.66. The maximum atomic E-state index is 12.5. The first-order valence-corrected chi connectivity index (χ1v) is 11.3. The molecule has 0 unspecified atom stereocenters. The average Bonchev–Trinajstić information content (AvgIpc) is 3.19. The molecule has 1 N–H and O–H groups in total. The molecule has 1 aliphatic heterocycles. The number of unbranched alkanes of at least 4 members (excludes halogenated alkanes) is 2. The van der Waals surface area contributed by atoms with Crippen LogP contribution in [0.5, 0.6) is 0 Å². The van der Waals surface area contributed by atoms with E-state index in [1.54, 1.807) is 17.5 Å². The Kier molecular flexibility index (Phi) is 8.26. The summed E-state index contributed by atoms with van der Waals surface area (Å²) in [6.07, 6.45) is 3.10. The van der Waals surface area contributed by atoms with Crippen molar-refractivity contribution in [3.63, 3.8) is 0 Å². The molecule has 2 rings (SSSR count). The number of rotatable bonds is 8. The second-order valence-electron chi connectivity index (χ2n) is 5.94. The van der Waals surface area contributed by atoms with Crippen molar-refractivity contribution < 1.29 is 17.9 Å². The average molecular weight is 420 g/mol. The van der Waals surface area contributed by atoms with Crippen molar-refractivity contribution in [3.8, 4) is 0 Å². The zero-order valence-corrected chi connectivity index (χ0v) is 17.3. The fraction of sp³-hybridized carbons (Fsp3) is 0.625. The van der Waals surface area contributed by atoms with Gasteiger partial charge in [-0.25, -0.2) is 8.42 Å². The lowest BCUT2D eigenvalue weighted by atomic mass is 10.2. The van der Waals surface area contributed by atoms with Crippen molar-refractivity contribution >= 4 is 44.7 Å². The first kappa shape index (κ1) is 21.1. The summed E-state index contributed by atoms with van der Waals surface area (Å²) in [4.78, 5) is 13.0. The van der Waals surface area contributed by atoms with Crippen molar-refractivity contribution in [2.45, 2.75) is 29.9 Å². The molecule has 0 aromatic carbocycles. The molecule has 10 heteroatoms. The first-order valence-electron chi connectivity index (χ1n) is 8.58. The summed E-state index contributed by atoms with van der Waals surface area (Å²) in [5, 5.41) is 5.64. The van der Waals surface area contributed by atoms with Crippen LogP contribution >= 0.6 is 23.6 Å². The van der Waals surface area contributed by atoms with Crippen molar-refractivity contribution in [1.82, 2.24) is 14.5 Å². The third-order valence-corrected chi connectivity index (χ3v) is 7.85. The molecule has 26 heavy (non-hydrogen) atoms. The number of hydrogen-bond donors (Lipinski definition) is 1. The number of nitrogens with zero attached hydrogens (tertiary/aromatic N) is 2. The van der Waals surface area contributed by atoms with Gasteiger partial charge in [-0.2, -0.15) is 4.31 Å². The van der Waals surface area contributed by atoms with Gasteiger partial charge in [-0.05, 0) is 36.5 Å². The lowest BCUT2D eigenvalue weighted by molar-refractivity contribution is -0.140. The van der Waals surface area contributed by atoms with Crippen LogP contribution in [0.3, 0.4) is 0 Å². The smallest absolute Gasteiger partial charge is 0.305 e. The van der Waals surface area contributed by atoms with E-state index in [0.29, 0.717) is 41.9 Å². The van der Waals surface area contributed by atoms with Crippen LogP contribution in [0.15, 0.2) is 21.7 Å². The number of methoxy groups -OCH3 is 1. The highest BCUT2D eigenvalue weighted by Crippen LogP contribution is 2.22. The minimum atomic E-state index is -3.38. The van der Waals surface area contributed by atoms with E-state index in [-0.39, 0.29) is 5.97 Å². The lowest BCUT2D eigenvalue weighted by Gasteiger charge is -2.35. The standard InChI is InChI=1S/C16H25N3O4S3/c1-23-14(20)6-3-2-4-8-17-16(24)18-9-11-19(12-10-18)26(21,22)15-7-5-13-25-15/h5,7,13H,2-4,6,8-12H2,1H3,(H,17,24). The predicted octanol–water partition coefficient (Wildman–Crippen LogP) is 1.66. The Labute approximate surface area is 164 Å². The summed E-state index contributed by atoms with van der Waals surface area (Å²) < 4.78 is 31.5. The molecule has 2 heterocycles. The molecule has 0 bridgehead atoms. The second kappa shape index (κ2) is 10.2. The highest BCUT2D eigenvalue weighted by Gasteiger charge is 2.29. The highest BCUT2D eigenvalue weighted by molar-refractivity contribution is 7.91. The number of piperazine rings is 1. The maximum absolute atomic E-state index is 12.5. The van der Waals surface area contributed by atoms with Gasteiger partial charge in [0.15, 0.2) is 5.11 Å². The van der Waals surface area contributed by atoms with Crippen molar-refractivity contribution in [1.29, 1.82) is 0 Å². The van der Waals surface area contributed by atoms with Crippen LogP contribution in [-0.2, 0) is 19.6 Å². The molecular weight excluding hydrogens is 394 g/mol. The quantitative estimate of drug-likeness (QED) is 0.390. The molecule has 0 amide bonds. The van der Waals surface area contributed by atoms with Crippen LogP contribution < -0.4 is 5.32 Å². The molecule has 1 saturated heterocycles. The number of sulfonamides is 1. The van der Waals surface area contributed by atoms with Crippen molar-refractivity contribution in [3.05, 3.63) is 17.5 Å². The van der Waals surface area contributed by atoms with Gasteiger partial charge in [0.25, 0.3) is 10.0 Å². The van der Waals surface area contributed by atoms with Gasteiger partial charge in [0.1, 0.15) is 4.21 Å². The summed E-state index contributed by atoms with van der Waals surface area (Å²) >= 11 is 6.64. The summed E-state index contributed by atoms with van der Waals surface area (Å²) in [6, 6.07) is 3.39. The van der Waals surface area contributed by atoms with Crippen LogP contribution in [0.25, 0.3) is 0 Å². The molecule has 1 aromatic heterocycles. The number of nitrogens with one attached hydrogen (secondary N) is 1. The number of carbonyl (C=O) groups excluding carboxylic acids is 1. The van der Waals surface area contributed by atoms with Gasteiger partial charge in [-0.15, -0.1) is 11.3 Å². The van der Waals surface area contributed by atoms with Crippen LogP contribution in [0.2, 0.25) is 0 Å². The van der Waals surface area contributed by atoms with Crippen LogP contribution in [0, 0.1) is 0 Å². The predicted molar refractivity (Wildman–Crippen MR) is 106 cm³/mol. The third kappa shape index (κ3) is 5.90. The Morgan fingerprint density at radius 2 is 2.00 bits per heavy atom. The molecule has 1 fully saturated rings. The first-order chi connectivity index (χ1) is 12.4. The number of esters is 1. The van der Waals surface area contributed by atoms with E-state index in [1.807, 2.05) is 4.90 Å². The zero-order chi connectivity index (χ0) is 19.0. The Hall–Kier alpha value is -1.23. The Bertz CT molecular complexity index is 684. The molecule has 0 aliphatic carbocycles. The molecule has 0 atom stereocenters. The van der Waals surface area contributed by atoms with Gasteiger partial charge < -0.3 is 15.0 Å². The molecular formula is C16H25N3O4S3. The molecule has 1 aliphatic rings. The molecule has 146 valence electrons. The fourth-order valence-electron chi connectivity index (χ4n) is 2.65. The van der Waals surface area contributed by atoms with Crippen LogP contribution in [-0.4, -0.2) is 68.5 Å². The SMILES string of the molecule is COC(=O)CCCCCNC(=S)N1CCN(S(=O)(=O)c2cccs2)CC1. The normalized spacial score (nSPS) is 15.7. The summed E-state index contributed by atoms with van der Waals surface area (Å²) in [7, 11) is -1.98. The number of thiocarbonyl (C=S) groups is 1. The van der Waals surface area contributed by atoms with Gasteiger partial charge in [0.2, 0.25) is 0 Å². The summed E-state index contributed by atoms with van der Waals surface area (Å²) in [6.45, 7) is 2.77. The van der Waals surface area contributed by atoms with E-state index in [9.17, 15) is 13.2 Å². The summed E-state index contributed by atoms with van der Waals surface area (Å²) in [5.74, 6) is -0.177. The highest BCUT2D eigenvalue weighted by atomic mass is 32.2. The monoisotopic (exact) mass is 419 g/mol. The lowest BCUT2D eigenvalue weighted by Crippen LogP contribution is -2.53. The topological polar surface area (TPSA) is 79.0 Å². The molecule has 0 spiro atoms. The van der Waals surface area contributed by atoms with E-state index in [2.05, 4.69) is 10.1 Å². The fourth-order valence-corrected chi connectivity index (χ4v) is 5.50.